The minimum Gasteiger partial charge on any atom is -0.455 e. The Balaban J connectivity index is 1.78. The Bertz CT molecular complexity index is 1160. The Morgan fingerprint density at radius 2 is 1.74 bits per heavy atom. The van der Waals surface area contributed by atoms with Crippen molar-refractivity contribution in [2.45, 2.75) is 95.6 Å². The van der Waals surface area contributed by atoms with E-state index >= 15 is 0 Å². The number of carbonyl (C=O) groups is 2. The Morgan fingerprint density at radius 3 is 2.32 bits per heavy atom. The zero-order valence-electron chi connectivity index (χ0n) is 22.5. The normalized spacial score (nSPS) is 43.5. The fourth-order valence-corrected chi connectivity index (χ4v) is 7.90. The first-order chi connectivity index (χ1) is 17.7. The molecule has 0 aromatic heterocycles. The van der Waals surface area contributed by atoms with E-state index in [0.29, 0.717) is 24.0 Å². The molecular formula is C29H38O9. The molecule has 208 valence electrons. The highest BCUT2D eigenvalue weighted by molar-refractivity contribution is 5.89. The minimum atomic E-state index is -1.90. The van der Waals surface area contributed by atoms with Crippen LogP contribution in [0.4, 0.5) is 0 Å². The Kier molecular flexibility index (Phi) is 6.36. The summed E-state index contributed by atoms with van der Waals surface area (Å²) in [7, 11) is 0. The van der Waals surface area contributed by atoms with Crippen molar-refractivity contribution in [3.63, 3.8) is 0 Å². The second kappa shape index (κ2) is 8.86. The summed E-state index contributed by atoms with van der Waals surface area (Å²) < 4.78 is 18.0. The van der Waals surface area contributed by atoms with Crippen molar-refractivity contribution in [1.29, 1.82) is 0 Å². The van der Waals surface area contributed by atoms with Crippen LogP contribution in [0, 0.1) is 16.7 Å². The molecular weight excluding hydrogens is 492 g/mol. The summed E-state index contributed by atoms with van der Waals surface area (Å²) in [6.07, 6.45) is -5.22. The van der Waals surface area contributed by atoms with E-state index in [1.807, 2.05) is 0 Å². The highest BCUT2D eigenvalue weighted by Crippen LogP contribution is 2.64. The predicted molar refractivity (Wildman–Crippen MR) is 135 cm³/mol. The molecule has 3 fully saturated rings. The molecule has 1 aromatic carbocycles. The first-order valence-corrected chi connectivity index (χ1v) is 13.3. The number of ether oxygens (including phenoxy) is 3. The molecule has 0 amide bonds. The summed E-state index contributed by atoms with van der Waals surface area (Å²) in [6, 6.07) is 8.36. The number of hydrogen-bond donors (Lipinski definition) is 4. The van der Waals surface area contributed by atoms with Crippen LogP contribution in [-0.4, -0.2) is 80.7 Å². The lowest BCUT2D eigenvalue weighted by Crippen LogP contribution is -2.80. The molecule has 1 aromatic rings. The monoisotopic (exact) mass is 530 g/mol. The zero-order chi connectivity index (χ0) is 27.8. The molecule has 5 rings (SSSR count). The summed E-state index contributed by atoms with van der Waals surface area (Å²) in [6.45, 7) is 8.16. The second-order valence-corrected chi connectivity index (χ2v) is 12.3. The Hall–Kier alpha value is -2.30. The first-order valence-electron chi connectivity index (χ1n) is 13.3. The topological polar surface area (TPSA) is 143 Å². The van der Waals surface area contributed by atoms with E-state index in [9.17, 15) is 30.0 Å². The van der Waals surface area contributed by atoms with Gasteiger partial charge in [-0.25, -0.2) is 4.79 Å². The van der Waals surface area contributed by atoms with Gasteiger partial charge in [0.15, 0.2) is 5.60 Å². The van der Waals surface area contributed by atoms with Crippen LogP contribution in [0.3, 0.4) is 0 Å². The lowest BCUT2D eigenvalue weighted by Gasteiger charge is -2.68. The van der Waals surface area contributed by atoms with Crippen molar-refractivity contribution in [2.24, 2.45) is 16.7 Å². The average Bonchev–Trinajstić information content (AvgIpc) is 2.84. The lowest BCUT2D eigenvalue weighted by molar-refractivity contribution is -0.348. The van der Waals surface area contributed by atoms with Crippen LogP contribution in [0.2, 0.25) is 0 Å². The average molecular weight is 531 g/mol. The largest absolute Gasteiger partial charge is 0.455 e. The molecule has 3 aliphatic carbocycles. The molecule has 1 saturated heterocycles. The van der Waals surface area contributed by atoms with Gasteiger partial charge in [-0.3, -0.25) is 4.79 Å². The highest BCUT2D eigenvalue weighted by Gasteiger charge is 2.75. The number of fused-ring (bicyclic) bond motifs is 5. The number of esters is 2. The van der Waals surface area contributed by atoms with Crippen molar-refractivity contribution in [3.05, 3.63) is 47.0 Å². The molecule has 1 unspecified atom stereocenters. The summed E-state index contributed by atoms with van der Waals surface area (Å²) in [5.41, 5.74) is -4.56. The van der Waals surface area contributed by atoms with Crippen LogP contribution in [-0.2, 0) is 19.0 Å². The standard InChI is InChI=1S/C29H38O9/c1-15-18(31)13-29(35)24(37-25(34)17-9-7-6-8-10-17)22-27(5,23(33)21(32)20(15)26(29,3)4)12-11-19-28(22,14-36-19)38-16(2)30/h6-10,18-19,21-24,31-33,35H,11-14H2,1-5H3/t18-,19?,21+,22-,23+,24-,27+,28-,29+/m0/s1. The van der Waals surface area contributed by atoms with Crippen LogP contribution in [0.5, 0.6) is 0 Å². The highest BCUT2D eigenvalue weighted by atomic mass is 16.6. The number of rotatable bonds is 3. The van der Waals surface area contributed by atoms with E-state index in [2.05, 4.69) is 0 Å². The van der Waals surface area contributed by atoms with Crippen molar-refractivity contribution in [2.75, 3.05) is 6.61 Å². The molecule has 9 nitrogen and oxygen atoms in total. The van der Waals surface area contributed by atoms with Gasteiger partial charge in [0.05, 0.1) is 30.3 Å². The lowest BCUT2D eigenvalue weighted by atomic mass is 9.45. The SMILES string of the molecule is CC(=O)O[C@@]12COC1CC[C@@]1(C)[C@H](O)[C@H](O)C3=C(C)[C@@H](O)C[C@@](O)([C@@H](OC(=O)c4ccccc4)[C@@H]12)C3(C)C. The molecule has 1 aliphatic heterocycles. The molecule has 4 N–H and O–H groups in total. The first kappa shape index (κ1) is 27.3. The maximum atomic E-state index is 13.6. The van der Waals surface area contributed by atoms with Crippen LogP contribution >= 0.6 is 0 Å². The second-order valence-electron chi connectivity index (χ2n) is 12.3. The predicted octanol–water partition coefficient (Wildman–Crippen LogP) is 1.90. The summed E-state index contributed by atoms with van der Waals surface area (Å²) in [4.78, 5) is 26.0. The molecule has 2 saturated carbocycles. The number of aliphatic hydroxyl groups is 4. The molecule has 38 heavy (non-hydrogen) atoms. The zero-order valence-corrected chi connectivity index (χ0v) is 22.5. The molecule has 9 heteroatoms. The smallest absolute Gasteiger partial charge is 0.338 e. The van der Waals surface area contributed by atoms with Gasteiger partial charge in [0, 0.05) is 24.2 Å². The van der Waals surface area contributed by atoms with E-state index in [4.69, 9.17) is 14.2 Å². The fourth-order valence-electron chi connectivity index (χ4n) is 7.90. The third-order valence-corrected chi connectivity index (χ3v) is 10.0. The maximum Gasteiger partial charge on any atom is 0.338 e. The van der Waals surface area contributed by atoms with Gasteiger partial charge in [-0.1, -0.05) is 39.0 Å². The molecule has 9 atom stereocenters. The summed E-state index contributed by atoms with van der Waals surface area (Å²) in [5, 5.41) is 47.3. The quantitative estimate of drug-likeness (QED) is 0.340. The van der Waals surface area contributed by atoms with Crippen molar-refractivity contribution in [1.82, 2.24) is 0 Å². The van der Waals surface area contributed by atoms with Gasteiger partial charge in [0.1, 0.15) is 23.9 Å². The van der Waals surface area contributed by atoms with E-state index < -0.39 is 70.4 Å². The van der Waals surface area contributed by atoms with Gasteiger partial charge in [-0.15, -0.1) is 0 Å². The van der Waals surface area contributed by atoms with Crippen molar-refractivity contribution < 1.29 is 44.2 Å². The third-order valence-electron chi connectivity index (χ3n) is 10.0. The molecule has 2 bridgehead atoms. The molecule has 4 aliphatic rings. The van der Waals surface area contributed by atoms with Crippen molar-refractivity contribution >= 4 is 11.9 Å². The molecule has 1 heterocycles. The number of benzene rings is 1. The molecule has 0 radical (unpaired) electrons. The minimum absolute atomic E-state index is 0.0134. The van der Waals surface area contributed by atoms with E-state index in [-0.39, 0.29) is 18.6 Å². The number of carbonyl (C=O) groups excluding carboxylic acids is 2. The number of aliphatic hydroxyl groups excluding tert-OH is 3. The van der Waals surface area contributed by atoms with Crippen LogP contribution in [0.1, 0.15) is 64.2 Å². The van der Waals surface area contributed by atoms with Crippen LogP contribution in [0.15, 0.2) is 41.5 Å². The van der Waals surface area contributed by atoms with Gasteiger partial charge in [0.25, 0.3) is 0 Å². The van der Waals surface area contributed by atoms with Gasteiger partial charge in [0.2, 0.25) is 0 Å². The van der Waals surface area contributed by atoms with E-state index in [1.54, 1.807) is 58.0 Å². The third kappa shape index (κ3) is 3.55. The van der Waals surface area contributed by atoms with E-state index in [0.717, 1.165) is 0 Å². The fraction of sp³-hybridized carbons (Fsp3) is 0.655. The van der Waals surface area contributed by atoms with Gasteiger partial charge >= 0.3 is 11.9 Å². The van der Waals surface area contributed by atoms with Gasteiger partial charge < -0.3 is 34.6 Å². The van der Waals surface area contributed by atoms with Crippen LogP contribution < -0.4 is 0 Å². The number of hydrogen-bond acceptors (Lipinski definition) is 9. The van der Waals surface area contributed by atoms with Crippen molar-refractivity contribution in [3.8, 4) is 0 Å². The summed E-state index contributed by atoms with van der Waals surface area (Å²) in [5.74, 6) is -2.22. The molecule has 0 spiro atoms. The Morgan fingerprint density at radius 1 is 1.08 bits per heavy atom. The van der Waals surface area contributed by atoms with Crippen LogP contribution in [0.25, 0.3) is 0 Å². The maximum absolute atomic E-state index is 13.6. The van der Waals surface area contributed by atoms with E-state index in [1.165, 1.54) is 6.92 Å². The Labute approximate surface area is 222 Å². The van der Waals surface area contributed by atoms with Gasteiger partial charge in [-0.05, 0) is 43.0 Å². The van der Waals surface area contributed by atoms with Gasteiger partial charge in [-0.2, -0.15) is 0 Å². The summed E-state index contributed by atoms with van der Waals surface area (Å²) >= 11 is 0.